The number of hydrogen-bond donors (Lipinski definition) is 2. The minimum Gasteiger partial charge on any atom is -0.423 e. The van der Waals surface area contributed by atoms with Crippen molar-refractivity contribution in [2.45, 2.75) is 38.5 Å². The largest absolute Gasteiger partial charge is 0.489 e. The highest BCUT2D eigenvalue weighted by atomic mass is 79.9. The third kappa shape index (κ3) is 4.12. The van der Waals surface area contributed by atoms with E-state index < -0.39 is 7.12 Å². The maximum atomic E-state index is 10.1. The fraction of sp³-hybridized carbons (Fsp3) is 0.182. The zero-order valence-electron chi connectivity index (χ0n) is 22.3. The van der Waals surface area contributed by atoms with E-state index in [0.717, 1.165) is 19.8 Å². The molecule has 0 aliphatic heterocycles. The van der Waals surface area contributed by atoms with E-state index in [2.05, 4.69) is 107 Å². The van der Waals surface area contributed by atoms with Crippen LogP contribution in [0.15, 0.2) is 94.1 Å². The summed E-state index contributed by atoms with van der Waals surface area (Å²) >= 11 is 6.48. The van der Waals surface area contributed by atoms with E-state index >= 15 is 0 Å². The van der Waals surface area contributed by atoms with Crippen LogP contribution in [0.25, 0.3) is 33.0 Å². The molecule has 5 aromatic rings. The van der Waals surface area contributed by atoms with Crippen molar-refractivity contribution in [1.82, 2.24) is 4.98 Å². The Hall–Kier alpha value is -2.77. The fourth-order valence-electron chi connectivity index (χ4n) is 6.37. The van der Waals surface area contributed by atoms with Gasteiger partial charge in [0.1, 0.15) is 4.60 Å². The Labute approximate surface area is 246 Å². The molecule has 0 bridgehead atoms. The lowest BCUT2D eigenvalue weighted by molar-refractivity contribution is 0.426. The molecule has 0 radical (unpaired) electrons. The van der Waals surface area contributed by atoms with Crippen LogP contribution in [-0.4, -0.2) is 22.2 Å². The van der Waals surface area contributed by atoms with Crippen molar-refractivity contribution >= 4 is 55.2 Å². The molecule has 1 aromatic heterocycles. The van der Waals surface area contributed by atoms with E-state index in [1.54, 1.807) is 6.20 Å². The molecule has 7 rings (SSSR count). The topological polar surface area (TPSA) is 53.4 Å². The second-order valence-electron chi connectivity index (χ2n) is 11.3. The standard InChI is InChI=1S/C28H25BO2.C5H3Br2N/c1-27(2)21-12-8-7-9-16(21)19-13-23-20(14-22(19)27)26-18-11-6-5-10-17(18)25(29(30)31)15-24(26)28(23,3)4;6-4-1-2-5(7)8-3-4/h5-15,30-31H,1-4H3;1-3H. The average molecular weight is 641 g/mol. The van der Waals surface area contributed by atoms with Gasteiger partial charge >= 0.3 is 7.12 Å². The summed E-state index contributed by atoms with van der Waals surface area (Å²) in [7, 11) is -1.49. The summed E-state index contributed by atoms with van der Waals surface area (Å²) < 4.78 is 1.86. The Morgan fingerprint density at radius 3 is 1.92 bits per heavy atom. The van der Waals surface area contributed by atoms with E-state index in [0.29, 0.717) is 5.46 Å². The van der Waals surface area contributed by atoms with Gasteiger partial charge in [-0.05, 0) is 117 Å². The first-order valence-electron chi connectivity index (χ1n) is 13.0. The zero-order valence-corrected chi connectivity index (χ0v) is 25.4. The van der Waals surface area contributed by atoms with Crippen LogP contribution < -0.4 is 5.46 Å². The molecular formula is C33H28BBr2NO2. The summed E-state index contributed by atoms with van der Waals surface area (Å²) in [6, 6.07) is 27.5. The monoisotopic (exact) mass is 639 g/mol. The van der Waals surface area contributed by atoms with Crippen LogP contribution >= 0.6 is 31.9 Å². The predicted molar refractivity (Wildman–Crippen MR) is 169 cm³/mol. The fourth-order valence-corrected chi connectivity index (χ4v) is 6.84. The highest BCUT2D eigenvalue weighted by Crippen LogP contribution is 2.56. The van der Waals surface area contributed by atoms with Gasteiger partial charge in [0.15, 0.2) is 0 Å². The second kappa shape index (κ2) is 9.41. The van der Waals surface area contributed by atoms with Gasteiger partial charge in [0.05, 0.1) is 0 Å². The van der Waals surface area contributed by atoms with Crippen LogP contribution in [0, 0.1) is 0 Å². The van der Waals surface area contributed by atoms with E-state index in [1.807, 2.05) is 36.4 Å². The van der Waals surface area contributed by atoms with Gasteiger partial charge in [-0.3, -0.25) is 0 Å². The van der Waals surface area contributed by atoms with Gasteiger partial charge in [-0.2, -0.15) is 0 Å². The number of rotatable bonds is 1. The normalized spacial score (nSPS) is 15.1. The molecule has 0 atom stereocenters. The summed E-state index contributed by atoms with van der Waals surface area (Å²) in [4.78, 5) is 3.95. The molecule has 2 aliphatic carbocycles. The Morgan fingerprint density at radius 2 is 1.26 bits per heavy atom. The summed E-state index contributed by atoms with van der Waals surface area (Å²) in [5.74, 6) is 0. The molecule has 0 saturated heterocycles. The van der Waals surface area contributed by atoms with Crippen LogP contribution in [0.2, 0.25) is 0 Å². The molecule has 3 nitrogen and oxygen atoms in total. The molecule has 2 aliphatic rings. The summed E-state index contributed by atoms with van der Waals surface area (Å²) in [6.07, 6.45) is 1.74. The molecule has 39 heavy (non-hydrogen) atoms. The van der Waals surface area contributed by atoms with Crippen molar-refractivity contribution in [3.63, 3.8) is 0 Å². The lowest BCUT2D eigenvalue weighted by Crippen LogP contribution is -2.32. The Morgan fingerprint density at radius 1 is 0.641 bits per heavy atom. The Kier molecular flexibility index (Phi) is 6.39. The van der Waals surface area contributed by atoms with Gasteiger partial charge in [-0.25, -0.2) is 4.98 Å². The quantitative estimate of drug-likeness (QED) is 0.146. The number of benzene rings is 4. The molecule has 0 amide bonds. The first-order valence-corrected chi connectivity index (χ1v) is 14.6. The number of fused-ring (bicyclic) bond motifs is 8. The van der Waals surface area contributed by atoms with E-state index in [-0.39, 0.29) is 10.8 Å². The van der Waals surface area contributed by atoms with Gasteiger partial charge < -0.3 is 10.0 Å². The van der Waals surface area contributed by atoms with Crippen molar-refractivity contribution in [1.29, 1.82) is 0 Å². The first-order chi connectivity index (χ1) is 18.5. The van der Waals surface area contributed by atoms with Crippen LogP contribution in [0.3, 0.4) is 0 Å². The molecule has 0 unspecified atom stereocenters. The van der Waals surface area contributed by atoms with E-state index in [4.69, 9.17) is 0 Å². The first kappa shape index (κ1) is 26.5. The molecular weight excluding hydrogens is 613 g/mol. The summed E-state index contributed by atoms with van der Waals surface area (Å²) in [5.41, 5.74) is 10.7. The summed E-state index contributed by atoms with van der Waals surface area (Å²) in [5, 5.41) is 22.2. The molecule has 0 saturated carbocycles. The maximum absolute atomic E-state index is 10.1. The van der Waals surface area contributed by atoms with Crippen molar-refractivity contribution < 1.29 is 10.0 Å². The zero-order chi connectivity index (χ0) is 27.7. The van der Waals surface area contributed by atoms with Crippen molar-refractivity contribution in [2.75, 3.05) is 0 Å². The SMILES string of the molecule is Brc1ccc(Br)nc1.CC1(C)c2ccccc2-c2cc3c(cc21)-c1c(cc(B(O)O)c2ccccc12)C3(C)C. The molecule has 0 fully saturated rings. The molecule has 2 N–H and O–H groups in total. The molecule has 194 valence electrons. The minimum atomic E-state index is -1.49. The Balaban J connectivity index is 0.000000299. The van der Waals surface area contributed by atoms with Crippen LogP contribution in [0.4, 0.5) is 0 Å². The van der Waals surface area contributed by atoms with Crippen molar-refractivity contribution in [3.05, 3.63) is 116 Å². The minimum absolute atomic E-state index is 0.0507. The molecule has 6 heteroatoms. The third-order valence-corrected chi connectivity index (χ3v) is 9.32. The summed E-state index contributed by atoms with van der Waals surface area (Å²) in [6.45, 7) is 9.12. The average Bonchev–Trinajstić information content (AvgIpc) is 3.28. The van der Waals surface area contributed by atoms with E-state index in [9.17, 15) is 10.0 Å². The maximum Gasteiger partial charge on any atom is 0.489 e. The number of aromatic nitrogens is 1. The van der Waals surface area contributed by atoms with Crippen LogP contribution in [0.5, 0.6) is 0 Å². The Bertz CT molecular complexity index is 1740. The van der Waals surface area contributed by atoms with Gasteiger partial charge in [-0.15, -0.1) is 0 Å². The molecule has 1 heterocycles. The van der Waals surface area contributed by atoms with E-state index in [1.165, 1.54) is 44.5 Å². The molecule has 4 aromatic carbocycles. The second-order valence-corrected chi connectivity index (χ2v) is 13.1. The predicted octanol–water partition coefficient (Wildman–Crippen LogP) is 7.74. The van der Waals surface area contributed by atoms with Gasteiger partial charge in [0.25, 0.3) is 0 Å². The lowest BCUT2D eigenvalue weighted by atomic mass is 9.72. The number of halogens is 2. The van der Waals surface area contributed by atoms with Crippen LogP contribution in [-0.2, 0) is 10.8 Å². The highest BCUT2D eigenvalue weighted by molar-refractivity contribution is 9.11. The smallest absolute Gasteiger partial charge is 0.423 e. The number of hydrogen-bond acceptors (Lipinski definition) is 3. The van der Waals surface area contributed by atoms with Crippen LogP contribution in [0.1, 0.15) is 49.9 Å². The number of nitrogens with zero attached hydrogens (tertiary/aromatic N) is 1. The lowest BCUT2D eigenvalue weighted by Gasteiger charge is -2.24. The number of pyridine rings is 1. The molecule has 0 spiro atoms. The van der Waals surface area contributed by atoms with Crippen molar-refractivity contribution in [3.8, 4) is 22.3 Å². The van der Waals surface area contributed by atoms with Gasteiger partial charge in [0.2, 0.25) is 0 Å². The van der Waals surface area contributed by atoms with Gasteiger partial charge in [0, 0.05) is 21.5 Å². The van der Waals surface area contributed by atoms with Gasteiger partial charge in [-0.1, -0.05) is 82.3 Å². The third-order valence-electron chi connectivity index (χ3n) is 8.38. The van der Waals surface area contributed by atoms with Crippen molar-refractivity contribution in [2.24, 2.45) is 0 Å². The highest BCUT2D eigenvalue weighted by Gasteiger charge is 2.42.